The van der Waals surface area contributed by atoms with Gasteiger partial charge in [-0.2, -0.15) is 13.2 Å². The molecule has 0 unspecified atom stereocenters. The Labute approximate surface area is 86.5 Å². The van der Waals surface area contributed by atoms with E-state index in [9.17, 15) is 13.2 Å². The third-order valence-corrected chi connectivity index (χ3v) is 2.19. The second-order valence-corrected chi connectivity index (χ2v) is 3.69. The summed E-state index contributed by atoms with van der Waals surface area (Å²) in [5, 5.41) is 9.14. The molecule has 0 aromatic heterocycles. The number of hydrogen-bond acceptors (Lipinski definition) is 1. The van der Waals surface area contributed by atoms with E-state index in [-0.39, 0.29) is 6.42 Å². The van der Waals surface area contributed by atoms with Crippen molar-refractivity contribution in [3.05, 3.63) is 34.9 Å². The van der Waals surface area contributed by atoms with Gasteiger partial charge in [0.1, 0.15) is 0 Å². The predicted molar refractivity (Wildman–Crippen MR) is 51.6 cm³/mol. The summed E-state index contributed by atoms with van der Waals surface area (Å²) in [6.07, 6.45) is -4.70. The van der Waals surface area contributed by atoms with Gasteiger partial charge in [0.25, 0.3) is 0 Å². The number of alkyl halides is 3. The first-order valence-electron chi connectivity index (χ1n) is 4.65. The number of rotatable bonds is 2. The van der Waals surface area contributed by atoms with Crippen molar-refractivity contribution in [3.8, 4) is 0 Å². The summed E-state index contributed by atoms with van der Waals surface area (Å²) in [6, 6.07) is 3.59. The zero-order valence-electron chi connectivity index (χ0n) is 8.60. The van der Waals surface area contributed by atoms with Crippen molar-refractivity contribution in [2.24, 2.45) is 0 Å². The number of halogens is 3. The van der Waals surface area contributed by atoms with Gasteiger partial charge in [-0.1, -0.05) is 6.07 Å². The molecule has 4 heteroatoms. The summed E-state index contributed by atoms with van der Waals surface area (Å²) in [5.41, 5.74) is 0.646. The molecular weight excluding hydrogens is 205 g/mol. The molecule has 1 atom stereocenters. The summed E-state index contributed by atoms with van der Waals surface area (Å²) in [4.78, 5) is 0. The minimum atomic E-state index is -4.32. The van der Waals surface area contributed by atoms with E-state index in [0.29, 0.717) is 5.56 Å². The van der Waals surface area contributed by atoms with Crippen LogP contribution in [0.5, 0.6) is 0 Å². The van der Waals surface area contributed by atoms with Gasteiger partial charge < -0.3 is 5.11 Å². The average Bonchev–Trinajstić information content (AvgIpc) is 2.06. The van der Waals surface area contributed by atoms with E-state index in [4.69, 9.17) is 5.11 Å². The second-order valence-electron chi connectivity index (χ2n) is 3.69. The molecule has 1 nitrogen and oxygen atoms in total. The van der Waals surface area contributed by atoms with Gasteiger partial charge in [0.2, 0.25) is 0 Å². The van der Waals surface area contributed by atoms with Crippen LogP contribution in [-0.2, 0) is 12.6 Å². The van der Waals surface area contributed by atoms with Gasteiger partial charge in [-0.3, -0.25) is 0 Å². The average molecular weight is 218 g/mol. The van der Waals surface area contributed by atoms with Crippen LogP contribution < -0.4 is 0 Å². The predicted octanol–water partition coefficient (Wildman–Crippen LogP) is 2.94. The maximum atomic E-state index is 12.4. The highest BCUT2D eigenvalue weighted by Crippen LogP contribution is 2.30. The number of benzene rings is 1. The van der Waals surface area contributed by atoms with Gasteiger partial charge in [0, 0.05) is 0 Å². The van der Waals surface area contributed by atoms with Crippen LogP contribution in [0.25, 0.3) is 0 Å². The van der Waals surface area contributed by atoms with E-state index in [1.165, 1.54) is 6.07 Å². The molecule has 0 saturated carbocycles. The van der Waals surface area contributed by atoms with E-state index < -0.39 is 17.8 Å². The van der Waals surface area contributed by atoms with Crippen molar-refractivity contribution in [2.45, 2.75) is 32.5 Å². The van der Waals surface area contributed by atoms with Crippen LogP contribution >= 0.6 is 0 Å². The number of aliphatic hydroxyl groups is 1. The molecule has 0 aliphatic rings. The fourth-order valence-electron chi connectivity index (χ4n) is 1.39. The molecule has 1 aromatic carbocycles. The molecule has 15 heavy (non-hydrogen) atoms. The van der Waals surface area contributed by atoms with Gasteiger partial charge >= 0.3 is 6.18 Å². The molecule has 0 aliphatic heterocycles. The Bertz CT molecular complexity index is 342. The maximum Gasteiger partial charge on any atom is 0.416 e. The molecule has 1 aromatic rings. The Morgan fingerprint density at radius 2 is 1.93 bits per heavy atom. The molecule has 1 rings (SSSR count). The molecule has 84 valence electrons. The van der Waals surface area contributed by atoms with E-state index in [1.807, 2.05) is 0 Å². The quantitative estimate of drug-likeness (QED) is 0.809. The zero-order valence-corrected chi connectivity index (χ0v) is 8.60. The van der Waals surface area contributed by atoms with Gasteiger partial charge in [-0.05, 0) is 43.5 Å². The molecule has 0 spiro atoms. The van der Waals surface area contributed by atoms with E-state index in [1.54, 1.807) is 13.8 Å². The molecule has 0 bridgehead atoms. The fourth-order valence-corrected chi connectivity index (χ4v) is 1.39. The van der Waals surface area contributed by atoms with Crippen LogP contribution in [0.3, 0.4) is 0 Å². The summed E-state index contributed by atoms with van der Waals surface area (Å²) >= 11 is 0. The van der Waals surface area contributed by atoms with Gasteiger partial charge in [0.15, 0.2) is 0 Å². The zero-order chi connectivity index (χ0) is 11.6. The molecule has 0 aliphatic carbocycles. The van der Waals surface area contributed by atoms with Crippen molar-refractivity contribution >= 4 is 0 Å². The van der Waals surface area contributed by atoms with Gasteiger partial charge in [-0.15, -0.1) is 0 Å². The Hall–Kier alpha value is -1.03. The topological polar surface area (TPSA) is 20.2 Å². The first kappa shape index (κ1) is 12.0. The van der Waals surface area contributed by atoms with Gasteiger partial charge in [-0.25, -0.2) is 0 Å². The maximum absolute atomic E-state index is 12.4. The lowest BCUT2D eigenvalue weighted by molar-refractivity contribution is -0.137. The highest BCUT2D eigenvalue weighted by molar-refractivity contribution is 5.33. The van der Waals surface area contributed by atoms with E-state index in [2.05, 4.69) is 0 Å². The minimum absolute atomic E-state index is 0.246. The first-order valence-corrected chi connectivity index (χ1v) is 4.65. The molecule has 0 saturated heterocycles. The highest BCUT2D eigenvalue weighted by Gasteiger charge is 2.30. The van der Waals surface area contributed by atoms with E-state index in [0.717, 1.165) is 17.7 Å². The Balaban J connectivity index is 3.06. The summed E-state index contributed by atoms with van der Waals surface area (Å²) in [5.74, 6) is 0. The number of aliphatic hydroxyl groups excluding tert-OH is 1. The lowest BCUT2D eigenvalue weighted by Gasteiger charge is -2.12. The molecule has 0 amide bonds. The third kappa shape index (κ3) is 3.23. The Morgan fingerprint density at radius 1 is 1.33 bits per heavy atom. The van der Waals surface area contributed by atoms with Gasteiger partial charge in [0.05, 0.1) is 11.7 Å². The minimum Gasteiger partial charge on any atom is -0.393 e. The first-order chi connectivity index (χ1) is 6.80. The monoisotopic (exact) mass is 218 g/mol. The number of aryl methyl sites for hydroxylation is 1. The molecule has 0 heterocycles. The van der Waals surface area contributed by atoms with Crippen molar-refractivity contribution < 1.29 is 18.3 Å². The van der Waals surface area contributed by atoms with Crippen LogP contribution in [0.15, 0.2) is 18.2 Å². The smallest absolute Gasteiger partial charge is 0.393 e. The molecule has 0 fully saturated rings. The van der Waals surface area contributed by atoms with Crippen LogP contribution in [0.2, 0.25) is 0 Å². The molecule has 0 radical (unpaired) electrons. The lowest BCUT2D eigenvalue weighted by atomic mass is 10.00. The van der Waals surface area contributed by atoms with E-state index >= 15 is 0 Å². The lowest BCUT2D eigenvalue weighted by Crippen LogP contribution is -2.09. The van der Waals surface area contributed by atoms with Crippen LogP contribution in [0, 0.1) is 6.92 Å². The van der Waals surface area contributed by atoms with Crippen LogP contribution in [0.1, 0.15) is 23.6 Å². The van der Waals surface area contributed by atoms with Crippen molar-refractivity contribution in [2.75, 3.05) is 0 Å². The molecular formula is C11H13F3O. The van der Waals surface area contributed by atoms with Crippen LogP contribution in [0.4, 0.5) is 13.2 Å². The third-order valence-electron chi connectivity index (χ3n) is 2.19. The van der Waals surface area contributed by atoms with Crippen molar-refractivity contribution in [1.82, 2.24) is 0 Å². The summed E-state index contributed by atoms with van der Waals surface area (Å²) in [6.45, 7) is 3.29. The summed E-state index contributed by atoms with van der Waals surface area (Å²) < 4.78 is 37.1. The molecule has 1 N–H and O–H groups in total. The van der Waals surface area contributed by atoms with Crippen molar-refractivity contribution in [1.29, 1.82) is 0 Å². The fraction of sp³-hybridized carbons (Fsp3) is 0.455. The van der Waals surface area contributed by atoms with Crippen LogP contribution in [-0.4, -0.2) is 11.2 Å². The number of hydrogen-bond donors (Lipinski definition) is 1. The SMILES string of the molecule is Cc1ccc(C(F)(F)F)cc1C[C@@H](C)O. The highest BCUT2D eigenvalue weighted by atomic mass is 19.4. The Kier molecular flexibility index (Phi) is 3.39. The standard InChI is InChI=1S/C11H13F3O/c1-7-3-4-10(11(12,13)14)6-9(7)5-8(2)15/h3-4,6,8,15H,5H2,1-2H3/t8-/m1/s1. The second kappa shape index (κ2) is 4.23. The largest absolute Gasteiger partial charge is 0.416 e. The normalized spacial score (nSPS) is 14.0. The van der Waals surface area contributed by atoms with Crippen molar-refractivity contribution in [3.63, 3.8) is 0 Å². The summed E-state index contributed by atoms with van der Waals surface area (Å²) in [7, 11) is 0. The Morgan fingerprint density at radius 3 is 2.40 bits per heavy atom.